The highest BCUT2D eigenvalue weighted by atomic mass is 16.6. The number of nitrogens with one attached hydrogen (secondary N) is 1. The summed E-state index contributed by atoms with van der Waals surface area (Å²) in [5, 5.41) is 23.8. The highest BCUT2D eigenvalue weighted by Crippen LogP contribution is 2.42. The minimum atomic E-state index is -1.09. The maximum absolute atomic E-state index is 13.9. The first-order valence-corrected chi connectivity index (χ1v) is 12.2. The summed E-state index contributed by atoms with van der Waals surface area (Å²) in [7, 11) is 1.36. The number of fused-ring (bicyclic) bond motifs is 1. The minimum Gasteiger partial charge on any atom is -0.494 e. The number of aromatic amines is 1. The van der Waals surface area contributed by atoms with E-state index in [1.165, 1.54) is 18.1 Å². The monoisotopic (exact) mass is 540 g/mol. The van der Waals surface area contributed by atoms with Gasteiger partial charge in [-0.1, -0.05) is 6.07 Å². The van der Waals surface area contributed by atoms with Crippen LogP contribution in [-0.2, 0) is 14.3 Å². The lowest BCUT2D eigenvalue weighted by Gasteiger charge is -2.36. The summed E-state index contributed by atoms with van der Waals surface area (Å²) >= 11 is 0. The largest absolute Gasteiger partial charge is 0.494 e. The number of carboxylic acid groups (broad SMARTS) is 1. The van der Waals surface area contributed by atoms with Crippen molar-refractivity contribution in [3.8, 4) is 17.1 Å². The van der Waals surface area contributed by atoms with Gasteiger partial charge in [0.2, 0.25) is 17.6 Å². The lowest BCUT2D eigenvalue weighted by Crippen LogP contribution is -2.51. The van der Waals surface area contributed by atoms with E-state index in [1.54, 1.807) is 24.0 Å². The zero-order valence-electron chi connectivity index (χ0n) is 21.4. The fraction of sp³-hybridized carbons (Fsp3) is 0.417. The first-order chi connectivity index (χ1) is 18.8. The number of amides is 3. The van der Waals surface area contributed by atoms with E-state index in [-0.39, 0.29) is 79.9 Å². The second kappa shape index (κ2) is 11.7. The number of carbonyl (C=O) groups is 4. The molecule has 0 bridgehead atoms. The number of piperazine rings is 1. The predicted molar refractivity (Wildman–Crippen MR) is 135 cm³/mol. The summed E-state index contributed by atoms with van der Waals surface area (Å²) < 4.78 is 10.8. The number of rotatable bonds is 9. The van der Waals surface area contributed by atoms with Crippen LogP contribution in [0.4, 0.5) is 4.79 Å². The fourth-order valence-corrected chi connectivity index (χ4v) is 4.64. The molecule has 1 saturated heterocycles. The molecule has 3 heterocycles. The number of aromatic nitrogens is 5. The molecular formula is C24H28N8O7. The van der Waals surface area contributed by atoms with Gasteiger partial charge in [-0.25, -0.2) is 9.78 Å². The normalized spacial score (nSPS) is 14.2. The molecule has 0 aliphatic carbocycles. The third kappa shape index (κ3) is 5.56. The third-order valence-electron chi connectivity index (χ3n) is 6.42. The number of nitrogens with zero attached hydrogens (tertiary/aromatic N) is 6. The third-order valence-corrected chi connectivity index (χ3v) is 6.42. The number of hydrogen-bond acceptors (Lipinski definition) is 10. The summed E-state index contributed by atoms with van der Waals surface area (Å²) in [4.78, 5) is 57.5. The Morgan fingerprint density at radius 1 is 1.15 bits per heavy atom. The van der Waals surface area contributed by atoms with Gasteiger partial charge >= 0.3 is 12.1 Å². The van der Waals surface area contributed by atoms with Gasteiger partial charge in [-0.3, -0.25) is 14.4 Å². The van der Waals surface area contributed by atoms with Crippen molar-refractivity contribution in [1.29, 1.82) is 0 Å². The molecule has 4 rings (SSSR count). The molecule has 1 unspecified atom stereocenters. The van der Waals surface area contributed by atoms with E-state index in [0.717, 1.165) is 0 Å². The Bertz CT molecular complexity index is 1390. The number of aliphatic carboxylic acids is 1. The molecule has 1 aliphatic heterocycles. The smallest absolute Gasteiger partial charge is 0.409 e. The van der Waals surface area contributed by atoms with Crippen molar-refractivity contribution in [2.45, 2.75) is 25.7 Å². The van der Waals surface area contributed by atoms with Crippen LogP contribution in [0.25, 0.3) is 22.3 Å². The Kier molecular flexibility index (Phi) is 8.17. The number of H-pyrrole nitrogens is 1. The number of hydrogen-bond donors (Lipinski definition) is 3. The minimum absolute atomic E-state index is 0.0710. The SMILES string of the molecule is CCOC(=O)N1CCN(C(=O)C(CCC(=O)O)c2nc3cccc(C(N)=O)c3c(-c3nn[nH]n3)c2OC)CC1. The van der Waals surface area contributed by atoms with E-state index >= 15 is 0 Å². The molecule has 2 aromatic heterocycles. The molecule has 0 saturated carbocycles. The summed E-state index contributed by atoms with van der Waals surface area (Å²) in [6.07, 6.45) is -0.858. The van der Waals surface area contributed by atoms with Crippen LogP contribution in [0.1, 0.15) is 41.7 Å². The van der Waals surface area contributed by atoms with Crippen molar-refractivity contribution in [1.82, 2.24) is 35.4 Å². The number of carboxylic acids is 1. The number of primary amides is 1. The summed E-state index contributed by atoms with van der Waals surface area (Å²) in [5.41, 5.74) is 6.47. The maximum atomic E-state index is 13.9. The van der Waals surface area contributed by atoms with Crippen LogP contribution in [0.15, 0.2) is 18.2 Å². The topological polar surface area (TPSA) is 207 Å². The van der Waals surface area contributed by atoms with E-state index in [4.69, 9.17) is 15.2 Å². The van der Waals surface area contributed by atoms with Crippen molar-refractivity contribution in [3.05, 3.63) is 29.5 Å². The lowest BCUT2D eigenvalue weighted by atomic mass is 9.91. The molecule has 1 fully saturated rings. The van der Waals surface area contributed by atoms with E-state index in [0.29, 0.717) is 10.9 Å². The van der Waals surface area contributed by atoms with Crippen LogP contribution in [0.3, 0.4) is 0 Å². The molecule has 39 heavy (non-hydrogen) atoms. The van der Waals surface area contributed by atoms with Crippen molar-refractivity contribution in [2.75, 3.05) is 39.9 Å². The highest BCUT2D eigenvalue weighted by molar-refractivity contribution is 6.12. The molecule has 0 spiro atoms. The van der Waals surface area contributed by atoms with Gasteiger partial charge in [-0.05, 0) is 30.7 Å². The Morgan fingerprint density at radius 2 is 1.87 bits per heavy atom. The van der Waals surface area contributed by atoms with E-state index < -0.39 is 23.9 Å². The predicted octanol–water partition coefficient (Wildman–Crippen LogP) is 0.772. The summed E-state index contributed by atoms with van der Waals surface area (Å²) in [6.45, 7) is 2.91. The van der Waals surface area contributed by atoms with Crippen LogP contribution in [-0.4, -0.2) is 104 Å². The van der Waals surface area contributed by atoms with Crippen LogP contribution >= 0.6 is 0 Å². The Labute approximate surface area is 222 Å². The molecule has 1 aromatic carbocycles. The summed E-state index contributed by atoms with van der Waals surface area (Å²) in [5.74, 6) is -3.06. The van der Waals surface area contributed by atoms with Crippen LogP contribution in [0, 0.1) is 0 Å². The highest BCUT2D eigenvalue weighted by Gasteiger charge is 2.35. The Balaban J connectivity index is 1.82. The lowest BCUT2D eigenvalue weighted by molar-refractivity contribution is -0.138. The molecule has 1 aliphatic rings. The van der Waals surface area contributed by atoms with Gasteiger partial charge in [0.1, 0.15) is 0 Å². The van der Waals surface area contributed by atoms with Gasteiger partial charge in [0.25, 0.3) is 0 Å². The number of tetrazole rings is 1. The zero-order chi connectivity index (χ0) is 28.1. The van der Waals surface area contributed by atoms with Gasteiger partial charge < -0.3 is 30.1 Å². The fourth-order valence-electron chi connectivity index (χ4n) is 4.64. The number of nitrogens with two attached hydrogens (primary N) is 1. The van der Waals surface area contributed by atoms with Gasteiger partial charge in [-0.15, -0.1) is 10.2 Å². The van der Waals surface area contributed by atoms with E-state index in [2.05, 4.69) is 25.6 Å². The van der Waals surface area contributed by atoms with Crippen LogP contribution < -0.4 is 10.5 Å². The van der Waals surface area contributed by atoms with E-state index in [1.807, 2.05) is 0 Å². The standard InChI is InChI=1S/C24H28N8O7/c1-3-39-24(37)32-11-9-31(10-12-32)23(36)14(7-8-16(33)34)19-20(38-2)18(22-27-29-30-28-22)17-13(21(25)35)5-4-6-15(17)26-19/h4-6,14H,3,7-12H2,1-2H3,(H2,25,35)(H,33,34)(H,27,28,29,30). The maximum Gasteiger partial charge on any atom is 0.409 e. The zero-order valence-corrected chi connectivity index (χ0v) is 21.4. The average Bonchev–Trinajstić information content (AvgIpc) is 3.46. The van der Waals surface area contributed by atoms with Crippen molar-refractivity contribution < 1.29 is 33.8 Å². The van der Waals surface area contributed by atoms with Crippen molar-refractivity contribution >= 4 is 34.8 Å². The Morgan fingerprint density at radius 3 is 2.46 bits per heavy atom. The molecule has 4 N–H and O–H groups in total. The average molecular weight is 541 g/mol. The second-order valence-electron chi connectivity index (χ2n) is 8.70. The van der Waals surface area contributed by atoms with Gasteiger partial charge in [-0.2, -0.15) is 5.21 Å². The van der Waals surface area contributed by atoms with Crippen molar-refractivity contribution in [3.63, 3.8) is 0 Å². The molecule has 0 radical (unpaired) electrons. The van der Waals surface area contributed by atoms with Gasteiger partial charge in [0.05, 0.1) is 36.4 Å². The molecule has 15 nitrogen and oxygen atoms in total. The van der Waals surface area contributed by atoms with Gasteiger partial charge in [0, 0.05) is 43.5 Å². The molecular weight excluding hydrogens is 512 g/mol. The number of methoxy groups -OCH3 is 1. The second-order valence-corrected chi connectivity index (χ2v) is 8.70. The Hall–Kier alpha value is -4.82. The van der Waals surface area contributed by atoms with Crippen LogP contribution in [0.5, 0.6) is 5.75 Å². The quantitative estimate of drug-likeness (QED) is 0.345. The first-order valence-electron chi connectivity index (χ1n) is 12.2. The number of carbonyl (C=O) groups excluding carboxylic acids is 3. The number of pyridine rings is 1. The molecule has 206 valence electrons. The molecule has 3 aromatic rings. The van der Waals surface area contributed by atoms with E-state index in [9.17, 15) is 24.3 Å². The first kappa shape index (κ1) is 27.2. The number of ether oxygens (including phenoxy) is 2. The number of benzene rings is 1. The summed E-state index contributed by atoms with van der Waals surface area (Å²) in [6, 6.07) is 4.74. The molecule has 15 heteroatoms. The van der Waals surface area contributed by atoms with Crippen LogP contribution in [0.2, 0.25) is 0 Å². The molecule has 1 atom stereocenters. The van der Waals surface area contributed by atoms with Gasteiger partial charge in [0.15, 0.2) is 5.75 Å². The van der Waals surface area contributed by atoms with Crippen molar-refractivity contribution in [2.24, 2.45) is 5.73 Å². The molecule has 3 amide bonds.